The van der Waals surface area contributed by atoms with E-state index in [-0.39, 0.29) is 5.69 Å². The lowest BCUT2D eigenvalue weighted by Gasteiger charge is -2.16. The highest BCUT2D eigenvalue weighted by Gasteiger charge is 2.30. The number of amides is 1. The fourth-order valence-electron chi connectivity index (χ4n) is 2.53. The molecule has 0 unspecified atom stereocenters. The fraction of sp³-hybridized carbons (Fsp3) is 0.150. The molecule has 0 fully saturated rings. The first-order valence-electron chi connectivity index (χ1n) is 7.97. The second kappa shape index (κ2) is 7.07. The highest BCUT2D eigenvalue weighted by Crippen LogP contribution is 2.30. The summed E-state index contributed by atoms with van der Waals surface area (Å²) in [5.41, 5.74) is -0.494. The minimum Gasteiger partial charge on any atom is -0.480 e. The first-order valence-corrected chi connectivity index (χ1v) is 7.97. The summed E-state index contributed by atoms with van der Waals surface area (Å²) < 4.78 is 43.5. The molecule has 134 valence electrons. The van der Waals surface area contributed by atoms with Gasteiger partial charge in [0.25, 0.3) is 5.91 Å². The maximum atomic E-state index is 12.6. The minimum absolute atomic E-state index is 0.274. The van der Waals surface area contributed by atoms with Gasteiger partial charge in [0.2, 0.25) is 0 Å². The Labute approximate surface area is 148 Å². The number of anilines is 1. The van der Waals surface area contributed by atoms with Crippen LogP contribution in [-0.4, -0.2) is 12.0 Å². The van der Waals surface area contributed by atoms with Crippen LogP contribution >= 0.6 is 0 Å². The fourth-order valence-corrected chi connectivity index (χ4v) is 2.53. The molecule has 3 aromatic carbocycles. The SMILES string of the molecule is C[C@H](Oc1cccc2ccccc12)C(=O)Nc1ccc(C(F)(F)F)cc1. The Bertz CT molecular complexity index is 915. The van der Waals surface area contributed by atoms with Crippen molar-refractivity contribution < 1.29 is 22.7 Å². The first kappa shape index (κ1) is 17.8. The molecule has 0 spiro atoms. The third kappa shape index (κ3) is 3.96. The van der Waals surface area contributed by atoms with E-state index in [4.69, 9.17) is 4.74 Å². The van der Waals surface area contributed by atoms with Gasteiger partial charge in [0.05, 0.1) is 5.56 Å². The van der Waals surface area contributed by atoms with Gasteiger partial charge in [0.1, 0.15) is 5.75 Å². The van der Waals surface area contributed by atoms with Crippen LogP contribution in [-0.2, 0) is 11.0 Å². The van der Waals surface area contributed by atoms with Crippen LogP contribution in [0.3, 0.4) is 0 Å². The van der Waals surface area contributed by atoms with Crippen molar-refractivity contribution in [3.05, 3.63) is 72.3 Å². The molecule has 6 heteroatoms. The van der Waals surface area contributed by atoms with Gasteiger partial charge in [-0.05, 0) is 42.6 Å². The molecule has 3 rings (SSSR count). The van der Waals surface area contributed by atoms with Crippen LogP contribution in [0.1, 0.15) is 12.5 Å². The lowest BCUT2D eigenvalue weighted by molar-refractivity contribution is -0.137. The predicted molar refractivity (Wildman–Crippen MR) is 94.1 cm³/mol. The Kier molecular flexibility index (Phi) is 4.84. The standard InChI is InChI=1S/C20H16F3NO2/c1-13(26-18-8-4-6-14-5-2-3-7-17(14)18)19(25)24-16-11-9-15(10-12-16)20(21,22)23/h2-13H,1H3,(H,24,25)/t13-/m0/s1. The van der Waals surface area contributed by atoms with Crippen molar-refractivity contribution in [2.45, 2.75) is 19.2 Å². The number of ether oxygens (including phenoxy) is 1. The Morgan fingerprint density at radius 3 is 2.31 bits per heavy atom. The number of benzene rings is 3. The summed E-state index contributed by atoms with van der Waals surface area (Å²) in [6.45, 7) is 1.58. The largest absolute Gasteiger partial charge is 0.480 e. The summed E-state index contributed by atoms with van der Waals surface area (Å²) in [5, 5.41) is 4.42. The van der Waals surface area contributed by atoms with Gasteiger partial charge in [0.15, 0.2) is 6.10 Å². The summed E-state index contributed by atoms with van der Waals surface area (Å²) >= 11 is 0. The van der Waals surface area contributed by atoms with Crippen molar-refractivity contribution >= 4 is 22.4 Å². The molecule has 1 N–H and O–H groups in total. The summed E-state index contributed by atoms with van der Waals surface area (Å²) in [6, 6.07) is 17.4. The summed E-state index contributed by atoms with van der Waals surface area (Å²) in [6.07, 6.45) is -5.23. The number of rotatable bonds is 4. The molecule has 0 saturated carbocycles. The van der Waals surface area contributed by atoms with Crippen molar-refractivity contribution in [1.29, 1.82) is 0 Å². The number of fused-ring (bicyclic) bond motifs is 1. The van der Waals surface area contributed by atoms with Crippen molar-refractivity contribution in [2.24, 2.45) is 0 Å². The van der Waals surface area contributed by atoms with Crippen LogP contribution in [0.25, 0.3) is 10.8 Å². The first-order chi connectivity index (χ1) is 12.3. The average Bonchev–Trinajstić information content (AvgIpc) is 2.61. The van der Waals surface area contributed by atoms with Crippen LogP contribution in [0.2, 0.25) is 0 Å². The van der Waals surface area contributed by atoms with E-state index >= 15 is 0 Å². The summed E-state index contributed by atoms with van der Waals surface area (Å²) in [5.74, 6) is 0.121. The number of alkyl halides is 3. The number of carbonyl (C=O) groups is 1. The maximum Gasteiger partial charge on any atom is 0.416 e. The zero-order chi connectivity index (χ0) is 18.7. The number of hydrogen-bond donors (Lipinski definition) is 1. The zero-order valence-corrected chi connectivity index (χ0v) is 13.9. The van der Waals surface area contributed by atoms with E-state index in [9.17, 15) is 18.0 Å². The molecular formula is C20H16F3NO2. The van der Waals surface area contributed by atoms with E-state index < -0.39 is 23.8 Å². The highest BCUT2D eigenvalue weighted by molar-refractivity contribution is 5.95. The normalized spacial score (nSPS) is 12.6. The van der Waals surface area contributed by atoms with Gasteiger partial charge >= 0.3 is 6.18 Å². The van der Waals surface area contributed by atoms with Crippen LogP contribution < -0.4 is 10.1 Å². The Hall–Kier alpha value is -3.02. The molecule has 26 heavy (non-hydrogen) atoms. The maximum absolute atomic E-state index is 12.6. The zero-order valence-electron chi connectivity index (χ0n) is 13.9. The summed E-state index contributed by atoms with van der Waals surface area (Å²) in [7, 11) is 0. The van der Waals surface area contributed by atoms with Crippen LogP contribution in [0, 0.1) is 0 Å². The molecule has 0 aliphatic carbocycles. The third-order valence-electron chi connectivity index (χ3n) is 3.90. The quantitative estimate of drug-likeness (QED) is 0.690. The molecule has 0 aliphatic rings. The molecule has 0 radical (unpaired) electrons. The average molecular weight is 359 g/mol. The predicted octanol–water partition coefficient (Wildman–Crippen LogP) is 5.26. The number of hydrogen-bond acceptors (Lipinski definition) is 2. The molecule has 0 saturated heterocycles. The van der Waals surface area contributed by atoms with Crippen molar-refractivity contribution in [1.82, 2.24) is 0 Å². The van der Waals surface area contributed by atoms with E-state index in [1.165, 1.54) is 12.1 Å². The van der Waals surface area contributed by atoms with Gasteiger partial charge in [-0.3, -0.25) is 4.79 Å². The highest BCUT2D eigenvalue weighted by atomic mass is 19.4. The smallest absolute Gasteiger partial charge is 0.416 e. The lowest BCUT2D eigenvalue weighted by atomic mass is 10.1. The van der Waals surface area contributed by atoms with Crippen molar-refractivity contribution in [3.8, 4) is 5.75 Å². The number of halogens is 3. The van der Waals surface area contributed by atoms with E-state index in [0.717, 1.165) is 22.9 Å². The minimum atomic E-state index is -4.41. The number of carbonyl (C=O) groups excluding carboxylic acids is 1. The Morgan fingerprint density at radius 2 is 1.62 bits per heavy atom. The van der Waals surface area contributed by atoms with Crippen molar-refractivity contribution in [3.63, 3.8) is 0 Å². The second-order valence-electron chi connectivity index (χ2n) is 5.80. The molecule has 3 nitrogen and oxygen atoms in total. The van der Waals surface area contributed by atoms with Gasteiger partial charge in [-0.15, -0.1) is 0 Å². The molecule has 3 aromatic rings. The molecule has 0 aliphatic heterocycles. The van der Waals surface area contributed by atoms with Crippen LogP contribution in [0.15, 0.2) is 66.7 Å². The van der Waals surface area contributed by atoms with Crippen molar-refractivity contribution in [2.75, 3.05) is 5.32 Å². The van der Waals surface area contributed by atoms with E-state index in [1.54, 1.807) is 13.0 Å². The second-order valence-corrected chi connectivity index (χ2v) is 5.80. The Balaban J connectivity index is 1.70. The van der Waals surface area contributed by atoms with E-state index in [2.05, 4.69) is 5.32 Å². The van der Waals surface area contributed by atoms with Crippen LogP contribution in [0.5, 0.6) is 5.75 Å². The topological polar surface area (TPSA) is 38.3 Å². The van der Waals surface area contributed by atoms with Gasteiger partial charge in [-0.25, -0.2) is 0 Å². The molecule has 1 atom stereocenters. The summed E-state index contributed by atoms with van der Waals surface area (Å²) in [4.78, 5) is 12.3. The van der Waals surface area contributed by atoms with Gasteiger partial charge < -0.3 is 10.1 Å². The monoisotopic (exact) mass is 359 g/mol. The van der Waals surface area contributed by atoms with Gasteiger partial charge in [-0.1, -0.05) is 36.4 Å². The van der Waals surface area contributed by atoms with Gasteiger partial charge in [-0.2, -0.15) is 13.2 Å². The van der Waals surface area contributed by atoms with E-state index in [0.29, 0.717) is 5.75 Å². The Morgan fingerprint density at radius 1 is 0.962 bits per heavy atom. The molecule has 0 aromatic heterocycles. The molecule has 0 bridgehead atoms. The van der Waals surface area contributed by atoms with Gasteiger partial charge in [0, 0.05) is 11.1 Å². The molecule has 1 amide bonds. The molecule has 0 heterocycles. The van der Waals surface area contributed by atoms with Crippen LogP contribution in [0.4, 0.5) is 18.9 Å². The number of nitrogens with one attached hydrogen (secondary N) is 1. The lowest BCUT2D eigenvalue weighted by Crippen LogP contribution is -2.30. The molecular weight excluding hydrogens is 343 g/mol. The van der Waals surface area contributed by atoms with E-state index in [1.807, 2.05) is 36.4 Å². The third-order valence-corrected chi connectivity index (χ3v) is 3.90.